The zero-order valence-corrected chi connectivity index (χ0v) is 6.82. The average Bonchev–Trinajstić information content (AvgIpc) is 2.06. The van der Waals surface area contributed by atoms with E-state index in [1.807, 2.05) is 0 Å². The van der Waals surface area contributed by atoms with Crippen LogP contribution in [0.3, 0.4) is 0 Å². The van der Waals surface area contributed by atoms with Gasteiger partial charge in [-0.2, -0.15) is 0 Å². The van der Waals surface area contributed by atoms with Crippen LogP contribution in [0.2, 0.25) is 0 Å². The fourth-order valence-electron chi connectivity index (χ4n) is 0.710. The van der Waals surface area contributed by atoms with Crippen LogP contribution < -0.4 is 0 Å². The summed E-state index contributed by atoms with van der Waals surface area (Å²) in [7, 11) is -0.222. The van der Waals surface area contributed by atoms with Crippen molar-refractivity contribution in [3.8, 4) is 5.63 Å². The third kappa shape index (κ3) is 2.06. The number of hydrogen-bond acceptors (Lipinski definition) is 3. The van der Waals surface area contributed by atoms with Gasteiger partial charge in [0.05, 0.1) is 0 Å². The van der Waals surface area contributed by atoms with Gasteiger partial charge >= 0.3 is 68.7 Å². The normalized spacial score (nSPS) is 8.67. The molecule has 0 fully saturated rings. The van der Waals surface area contributed by atoms with Crippen LogP contribution >= 0.6 is 7.92 Å². The predicted molar refractivity (Wildman–Crippen MR) is 43.7 cm³/mol. The van der Waals surface area contributed by atoms with Crippen molar-refractivity contribution in [2.24, 2.45) is 0 Å². The zero-order valence-electron chi connectivity index (χ0n) is 5.93. The van der Waals surface area contributed by atoms with Crippen LogP contribution in [0.15, 0.2) is 24.3 Å². The Morgan fingerprint density at radius 1 is 1.33 bits per heavy atom. The minimum absolute atomic E-state index is 0.0168. The molecule has 0 aromatic heterocycles. The van der Waals surface area contributed by atoms with Crippen LogP contribution in [0, 0.1) is 15.7 Å². The first-order chi connectivity index (χ1) is 5.74. The third-order valence-electron chi connectivity index (χ3n) is 1.25. The van der Waals surface area contributed by atoms with E-state index < -0.39 is 4.92 Å². The second-order valence-electron chi connectivity index (χ2n) is 2.01. The van der Waals surface area contributed by atoms with E-state index in [9.17, 15) is 14.7 Å². The fourth-order valence-corrected chi connectivity index (χ4v) is 0.965. The van der Waals surface area contributed by atoms with E-state index in [1.165, 1.54) is 24.3 Å². The molecule has 0 aliphatic heterocycles. The van der Waals surface area contributed by atoms with E-state index in [4.69, 9.17) is 0 Å². The molecule has 0 aliphatic rings. The summed E-state index contributed by atoms with van der Waals surface area (Å²) in [5.74, 6) is 0. The van der Waals surface area contributed by atoms with Crippen molar-refractivity contribution in [2.45, 2.75) is 0 Å². The van der Waals surface area contributed by atoms with Gasteiger partial charge in [0.1, 0.15) is 0 Å². The van der Waals surface area contributed by atoms with Crippen molar-refractivity contribution in [2.75, 3.05) is 0 Å². The van der Waals surface area contributed by atoms with Crippen molar-refractivity contribution in [3.63, 3.8) is 0 Å². The van der Waals surface area contributed by atoms with Gasteiger partial charge in [-0.05, 0) is 0 Å². The molecule has 12 heavy (non-hydrogen) atoms. The van der Waals surface area contributed by atoms with Crippen molar-refractivity contribution in [3.05, 3.63) is 39.9 Å². The van der Waals surface area contributed by atoms with Gasteiger partial charge in [-0.3, -0.25) is 0 Å². The second-order valence-corrected chi connectivity index (χ2v) is 2.41. The Hall–Kier alpha value is -1.37. The third-order valence-corrected chi connectivity index (χ3v) is 1.60. The SMILES string of the molecule is O=P#Cc1ccc([N+](=O)[O-])cc1. The van der Waals surface area contributed by atoms with Crippen molar-refractivity contribution >= 4 is 13.6 Å². The van der Waals surface area contributed by atoms with E-state index in [0.717, 1.165) is 0 Å². The first kappa shape index (κ1) is 8.72. The molecule has 0 radical (unpaired) electrons. The van der Waals surface area contributed by atoms with Crippen LogP contribution in [0.5, 0.6) is 0 Å². The molecule has 4 nitrogen and oxygen atoms in total. The van der Waals surface area contributed by atoms with Gasteiger partial charge in [-0.25, -0.2) is 0 Å². The number of benzene rings is 1. The number of non-ortho nitro benzene ring substituents is 1. The standard InChI is InChI=1S/C7H4NO3P/c9-8(10)7-3-1-6(2-4-7)5-12-11/h1-4H. The van der Waals surface area contributed by atoms with Gasteiger partial charge < -0.3 is 0 Å². The summed E-state index contributed by atoms with van der Waals surface area (Å²) in [6, 6.07) is 5.66. The molecule has 0 saturated carbocycles. The van der Waals surface area contributed by atoms with Crippen LogP contribution in [0.4, 0.5) is 5.69 Å². The molecular formula is C7H4NO3P. The van der Waals surface area contributed by atoms with Crippen LogP contribution in [0.25, 0.3) is 0 Å². The van der Waals surface area contributed by atoms with E-state index in [1.54, 1.807) is 0 Å². The maximum atomic E-state index is 10.2. The van der Waals surface area contributed by atoms with Crippen LogP contribution in [0.1, 0.15) is 5.56 Å². The van der Waals surface area contributed by atoms with Crippen LogP contribution in [-0.4, -0.2) is 4.92 Å². The number of nitro groups is 1. The Morgan fingerprint density at radius 3 is 2.33 bits per heavy atom. The van der Waals surface area contributed by atoms with Crippen molar-refractivity contribution in [1.82, 2.24) is 0 Å². The summed E-state index contributed by atoms with van der Waals surface area (Å²) >= 11 is 0. The molecule has 1 rings (SSSR count). The summed E-state index contributed by atoms with van der Waals surface area (Å²) in [5, 5.41) is 10.2. The van der Waals surface area contributed by atoms with Crippen LogP contribution in [-0.2, 0) is 4.57 Å². The Morgan fingerprint density at radius 2 is 1.92 bits per heavy atom. The first-order valence-corrected chi connectivity index (χ1v) is 3.88. The van der Waals surface area contributed by atoms with Gasteiger partial charge in [-0.1, -0.05) is 0 Å². The molecule has 0 bridgehead atoms. The van der Waals surface area contributed by atoms with E-state index >= 15 is 0 Å². The summed E-state index contributed by atoms with van der Waals surface area (Å²) in [6.07, 6.45) is 0. The van der Waals surface area contributed by atoms with Crippen molar-refractivity contribution < 1.29 is 9.49 Å². The molecule has 0 aliphatic carbocycles. The Kier molecular flexibility index (Phi) is 2.81. The summed E-state index contributed by atoms with van der Waals surface area (Å²) < 4.78 is 10.0. The fraction of sp³-hybridized carbons (Fsp3) is 0. The van der Waals surface area contributed by atoms with Gasteiger partial charge in [0.25, 0.3) is 0 Å². The quantitative estimate of drug-likeness (QED) is 0.379. The molecular weight excluding hydrogens is 177 g/mol. The molecule has 0 unspecified atom stereocenters. The Labute approximate surface area is 69.5 Å². The average molecular weight is 181 g/mol. The molecule has 0 atom stereocenters. The summed E-state index contributed by atoms with van der Waals surface area (Å²) in [6.45, 7) is 0. The molecule has 1 aromatic carbocycles. The summed E-state index contributed by atoms with van der Waals surface area (Å²) in [4.78, 5) is 9.70. The molecule has 5 heteroatoms. The Balaban J connectivity index is 3.06. The van der Waals surface area contributed by atoms with Crippen molar-refractivity contribution in [1.29, 1.82) is 0 Å². The number of nitro benzene ring substituents is 1. The van der Waals surface area contributed by atoms with E-state index in [-0.39, 0.29) is 13.6 Å². The van der Waals surface area contributed by atoms with Gasteiger partial charge in [0, 0.05) is 0 Å². The molecule has 0 amide bonds. The monoisotopic (exact) mass is 181 g/mol. The van der Waals surface area contributed by atoms with Gasteiger partial charge in [0.15, 0.2) is 0 Å². The van der Waals surface area contributed by atoms with Gasteiger partial charge in [-0.15, -0.1) is 0 Å². The van der Waals surface area contributed by atoms with Gasteiger partial charge in [0.2, 0.25) is 0 Å². The molecule has 0 saturated heterocycles. The maximum absolute atomic E-state index is 10.2. The Bertz CT molecular complexity index is 392. The predicted octanol–water partition coefficient (Wildman–Crippen LogP) is 2.19. The number of nitrogens with zero attached hydrogens (tertiary/aromatic N) is 1. The second kappa shape index (κ2) is 3.86. The summed E-state index contributed by atoms with van der Waals surface area (Å²) in [5.41, 5.74) is 3.07. The molecule has 1 aromatic rings. The zero-order chi connectivity index (χ0) is 8.97. The number of hydrogen-bond donors (Lipinski definition) is 0. The first-order valence-electron chi connectivity index (χ1n) is 3.07. The molecule has 0 heterocycles. The molecule has 60 valence electrons. The number of rotatable bonds is 1. The van der Waals surface area contributed by atoms with E-state index in [2.05, 4.69) is 5.63 Å². The molecule has 0 N–H and O–H groups in total. The molecule has 0 spiro atoms. The minimum atomic E-state index is -0.487. The van der Waals surface area contributed by atoms with E-state index in [0.29, 0.717) is 5.56 Å². The topological polar surface area (TPSA) is 60.2 Å².